The number of nitrogens with zero attached hydrogens (tertiary/aromatic N) is 3. The van der Waals surface area contributed by atoms with Crippen molar-refractivity contribution in [3.63, 3.8) is 0 Å². The molecule has 0 radical (unpaired) electrons. The Morgan fingerprint density at radius 2 is 2.12 bits per heavy atom. The Bertz CT molecular complexity index is 888. The fourth-order valence-corrected chi connectivity index (χ4v) is 2.79. The Morgan fingerprint density at radius 1 is 1.38 bits per heavy atom. The number of aryl methyl sites for hydroxylation is 1. The van der Waals surface area contributed by atoms with Gasteiger partial charge in [-0.15, -0.1) is 0 Å². The molecule has 9 heteroatoms. The fourth-order valence-electron chi connectivity index (χ4n) is 2.61. The van der Waals surface area contributed by atoms with Crippen molar-refractivity contribution in [3.05, 3.63) is 40.5 Å². The standard InChI is InChI=1S/C17H19ClN6O2/c1-8-4-5-11(6-13(8)18)22-15(25)12-7-20-16(23-14(12)19)24-10(3)9(2)21-17(24)26/h4-7,9-10H,1-3H3,(H,21,26)(H,22,25)(H2,19,20,23). The quantitative estimate of drug-likeness (QED) is 0.764. The molecule has 1 fully saturated rings. The van der Waals surface area contributed by atoms with Gasteiger partial charge in [-0.1, -0.05) is 17.7 Å². The lowest BCUT2D eigenvalue weighted by Gasteiger charge is -2.19. The minimum atomic E-state index is -0.457. The van der Waals surface area contributed by atoms with Crippen LogP contribution in [0.1, 0.15) is 29.8 Å². The van der Waals surface area contributed by atoms with Crippen LogP contribution in [-0.4, -0.2) is 34.0 Å². The summed E-state index contributed by atoms with van der Waals surface area (Å²) in [5.41, 5.74) is 7.49. The third-order valence-electron chi connectivity index (χ3n) is 4.40. The molecule has 3 rings (SSSR count). The van der Waals surface area contributed by atoms with E-state index in [1.54, 1.807) is 18.2 Å². The van der Waals surface area contributed by atoms with E-state index in [2.05, 4.69) is 20.6 Å². The summed E-state index contributed by atoms with van der Waals surface area (Å²) in [7, 11) is 0. The number of nitrogens with one attached hydrogen (secondary N) is 2. The summed E-state index contributed by atoms with van der Waals surface area (Å²) in [4.78, 5) is 34.2. The largest absolute Gasteiger partial charge is 0.383 e. The van der Waals surface area contributed by atoms with E-state index in [9.17, 15) is 9.59 Å². The zero-order valence-electron chi connectivity index (χ0n) is 14.6. The van der Waals surface area contributed by atoms with E-state index in [1.165, 1.54) is 11.1 Å². The Labute approximate surface area is 155 Å². The molecule has 2 atom stereocenters. The lowest BCUT2D eigenvalue weighted by atomic mass is 10.2. The van der Waals surface area contributed by atoms with Crippen molar-refractivity contribution in [1.29, 1.82) is 0 Å². The van der Waals surface area contributed by atoms with Crippen molar-refractivity contribution >= 4 is 41.0 Å². The summed E-state index contributed by atoms with van der Waals surface area (Å²) >= 11 is 6.06. The number of halogens is 1. The van der Waals surface area contributed by atoms with Gasteiger partial charge in [0.2, 0.25) is 5.95 Å². The van der Waals surface area contributed by atoms with Crippen LogP contribution in [-0.2, 0) is 0 Å². The lowest BCUT2D eigenvalue weighted by Crippen LogP contribution is -2.35. The van der Waals surface area contributed by atoms with Crippen molar-refractivity contribution in [1.82, 2.24) is 15.3 Å². The van der Waals surface area contributed by atoms with Gasteiger partial charge < -0.3 is 16.4 Å². The number of rotatable bonds is 3. The van der Waals surface area contributed by atoms with Crippen LogP contribution in [0.25, 0.3) is 0 Å². The van der Waals surface area contributed by atoms with Crippen molar-refractivity contribution in [2.24, 2.45) is 0 Å². The third kappa shape index (κ3) is 3.28. The minimum absolute atomic E-state index is 0.00902. The topological polar surface area (TPSA) is 113 Å². The summed E-state index contributed by atoms with van der Waals surface area (Å²) in [5.74, 6) is -0.307. The highest BCUT2D eigenvalue weighted by atomic mass is 35.5. The molecule has 8 nitrogen and oxygen atoms in total. The highest BCUT2D eigenvalue weighted by Crippen LogP contribution is 2.23. The van der Waals surface area contributed by atoms with Gasteiger partial charge in [0.15, 0.2) is 0 Å². The van der Waals surface area contributed by atoms with E-state index in [4.69, 9.17) is 17.3 Å². The predicted molar refractivity (Wildman–Crippen MR) is 101 cm³/mol. The molecule has 0 bridgehead atoms. The van der Waals surface area contributed by atoms with Gasteiger partial charge in [-0.05, 0) is 38.5 Å². The van der Waals surface area contributed by atoms with Crippen LogP contribution >= 0.6 is 11.6 Å². The van der Waals surface area contributed by atoms with Gasteiger partial charge in [0, 0.05) is 22.9 Å². The highest BCUT2D eigenvalue weighted by Gasteiger charge is 2.36. The summed E-state index contributed by atoms with van der Waals surface area (Å²) in [6.07, 6.45) is 1.31. The minimum Gasteiger partial charge on any atom is -0.383 e. The van der Waals surface area contributed by atoms with Crippen molar-refractivity contribution < 1.29 is 9.59 Å². The Kier molecular flexibility index (Phi) is 4.69. The Balaban J connectivity index is 1.82. The van der Waals surface area contributed by atoms with Gasteiger partial charge in [0.25, 0.3) is 5.91 Å². The van der Waals surface area contributed by atoms with Crippen LogP contribution in [0.4, 0.5) is 22.2 Å². The molecular formula is C17H19ClN6O2. The third-order valence-corrected chi connectivity index (χ3v) is 4.80. The van der Waals surface area contributed by atoms with Crippen molar-refractivity contribution in [2.45, 2.75) is 32.9 Å². The van der Waals surface area contributed by atoms with E-state index >= 15 is 0 Å². The summed E-state index contributed by atoms with van der Waals surface area (Å²) in [6.45, 7) is 5.64. The molecule has 3 amide bonds. The van der Waals surface area contributed by atoms with Crippen LogP contribution < -0.4 is 21.3 Å². The zero-order chi connectivity index (χ0) is 19.0. The lowest BCUT2D eigenvalue weighted by molar-refractivity contribution is 0.102. The van der Waals surface area contributed by atoms with Gasteiger partial charge in [0.1, 0.15) is 11.4 Å². The summed E-state index contributed by atoms with van der Waals surface area (Å²) < 4.78 is 0. The van der Waals surface area contributed by atoms with Gasteiger partial charge in [-0.3, -0.25) is 9.69 Å². The molecule has 0 saturated carbocycles. The molecule has 1 aliphatic rings. The molecule has 2 heterocycles. The number of benzene rings is 1. The number of hydrogen-bond acceptors (Lipinski definition) is 5. The number of carbonyl (C=O) groups excluding carboxylic acids is 2. The second-order valence-electron chi connectivity index (χ2n) is 6.24. The number of hydrogen-bond donors (Lipinski definition) is 3. The number of aromatic nitrogens is 2. The SMILES string of the molecule is Cc1ccc(NC(=O)c2cnc(N3C(=O)NC(C)C3C)nc2N)cc1Cl. The van der Waals surface area contributed by atoms with E-state index < -0.39 is 5.91 Å². The second kappa shape index (κ2) is 6.80. The maximum atomic E-state index is 12.4. The molecule has 1 saturated heterocycles. The van der Waals surface area contributed by atoms with Gasteiger partial charge in [0.05, 0.1) is 6.04 Å². The first kappa shape index (κ1) is 17.9. The molecule has 0 spiro atoms. The number of anilines is 3. The van der Waals surface area contributed by atoms with E-state index in [1.807, 2.05) is 20.8 Å². The normalized spacial score (nSPS) is 19.4. The predicted octanol–water partition coefficient (Wildman–Crippen LogP) is 2.58. The van der Waals surface area contributed by atoms with Crippen molar-refractivity contribution in [2.75, 3.05) is 16.0 Å². The molecule has 0 aliphatic carbocycles. The fraction of sp³-hybridized carbons (Fsp3) is 0.294. The molecule has 136 valence electrons. The van der Waals surface area contributed by atoms with Crippen LogP contribution in [0.3, 0.4) is 0 Å². The number of urea groups is 1. The molecule has 26 heavy (non-hydrogen) atoms. The molecular weight excluding hydrogens is 356 g/mol. The smallest absolute Gasteiger partial charge is 0.324 e. The second-order valence-corrected chi connectivity index (χ2v) is 6.64. The van der Waals surface area contributed by atoms with Gasteiger partial charge >= 0.3 is 6.03 Å². The van der Waals surface area contributed by atoms with Crippen LogP contribution in [0.15, 0.2) is 24.4 Å². The maximum Gasteiger partial charge on any atom is 0.324 e. The van der Waals surface area contributed by atoms with Gasteiger partial charge in [-0.25, -0.2) is 9.78 Å². The summed E-state index contributed by atoms with van der Waals surface area (Å²) in [6, 6.07) is 4.73. The van der Waals surface area contributed by atoms with E-state index in [0.717, 1.165) is 5.56 Å². The van der Waals surface area contributed by atoms with Crippen LogP contribution in [0.2, 0.25) is 5.02 Å². The average molecular weight is 375 g/mol. The average Bonchev–Trinajstić information content (AvgIpc) is 2.83. The maximum absolute atomic E-state index is 12.4. The Hall–Kier alpha value is -2.87. The first-order valence-corrected chi connectivity index (χ1v) is 8.45. The van der Waals surface area contributed by atoms with Crippen molar-refractivity contribution in [3.8, 4) is 0 Å². The first-order chi connectivity index (χ1) is 12.3. The first-order valence-electron chi connectivity index (χ1n) is 8.07. The molecule has 4 N–H and O–H groups in total. The molecule has 2 aromatic rings. The number of nitrogens with two attached hydrogens (primary N) is 1. The molecule has 1 aromatic heterocycles. The molecule has 1 aliphatic heterocycles. The monoisotopic (exact) mass is 374 g/mol. The van der Waals surface area contributed by atoms with Crippen LogP contribution in [0, 0.1) is 6.92 Å². The number of carbonyl (C=O) groups is 2. The number of nitrogen functional groups attached to an aromatic ring is 1. The number of amides is 3. The Morgan fingerprint density at radius 3 is 2.69 bits per heavy atom. The molecule has 1 aromatic carbocycles. The summed E-state index contributed by atoms with van der Waals surface area (Å²) in [5, 5.41) is 6.04. The molecule has 2 unspecified atom stereocenters. The van der Waals surface area contributed by atoms with Crippen LogP contribution in [0.5, 0.6) is 0 Å². The van der Waals surface area contributed by atoms with E-state index in [0.29, 0.717) is 10.7 Å². The van der Waals surface area contributed by atoms with E-state index in [-0.39, 0.29) is 35.4 Å². The zero-order valence-corrected chi connectivity index (χ0v) is 15.3. The van der Waals surface area contributed by atoms with Gasteiger partial charge in [-0.2, -0.15) is 4.98 Å². The highest BCUT2D eigenvalue weighted by molar-refractivity contribution is 6.31.